The fraction of sp³-hybridized carbons (Fsp3) is 0.222. The lowest BCUT2D eigenvalue weighted by molar-refractivity contribution is -0.142. The van der Waals surface area contributed by atoms with Gasteiger partial charge in [0.1, 0.15) is 12.6 Å². The molecule has 1 amide bonds. The summed E-state index contributed by atoms with van der Waals surface area (Å²) in [7, 11) is 1.44. The highest BCUT2D eigenvalue weighted by Crippen LogP contribution is 2.11. The normalized spacial score (nSPS) is 11.5. The minimum absolute atomic E-state index is 0.113. The zero-order valence-electron chi connectivity index (χ0n) is 12.9. The van der Waals surface area contributed by atoms with E-state index in [0.717, 1.165) is 16.0 Å². The molecule has 1 atom stereocenters. The second kappa shape index (κ2) is 7.98. The summed E-state index contributed by atoms with van der Waals surface area (Å²) < 4.78 is 5.18. The van der Waals surface area contributed by atoms with Crippen LogP contribution in [0.3, 0.4) is 0 Å². The third-order valence-corrected chi connectivity index (χ3v) is 3.52. The van der Waals surface area contributed by atoms with Gasteiger partial charge < -0.3 is 9.84 Å². The molecule has 0 aliphatic heterocycles. The number of ether oxygens (including phenoxy) is 1. The molecule has 120 valence electrons. The lowest BCUT2D eigenvalue weighted by atomic mass is 10.1. The first-order valence-corrected chi connectivity index (χ1v) is 7.28. The van der Waals surface area contributed by atoms with Crippen LogP contribution in [0, 0.1) is 0 Å². The summed E-state index contributed by atoms with van der Waals surface area (Å²) >= 11 is 0. The molecule has 0 aliphatic carbocycles. The maximum absolute atomic E-state index is 12.1. The Morgan fingerprint density at radius 2 is 1.52 bits per heavy atom. The van der Waals surface area contributed by atoms with Crippen LogP contribution in [0.1, 0.15) is 11.1 Å². The van der Waals surface area contributed by atoms with Gasteiger partial charge in [-0.25, -0.2) is 9.59 Å². The number of hydrogen-bond acceptors (Lipinski definition) is 3. The third kappa shape index (κ3) is 4.85. The first kappa shape index (κ1) is 16.5. The van der Waals surface area contributed by atoms with Crippen molar-refractivity contribution >= 4 is 12.1 Å². The van der Waals surface area contributed by atoms with E-state index in [0.29, 0.717) is 0 Å². The van der Waals surface area contributed by atoms with Gasteiger partial charge in [0.25, 0.3) is 0 Å². The number of carbonyl (C=O) groups is 2. The number of rotatable bonds is 6. The van der Waals surface area contributed by atoms with Crippen LogP contribution in [-0.2, 0) is 22.6 Å². The molecule has 2 aromatic carbocycles. The average Bonchev–Trinajstić information content (AvgIpc) is 2.58. The highest BCUT2D eigenvalue weighted by Gasteiger charge is 2.27. The van der Waals surface area contributed by atoms with Crippen molar-refractivity contribution in [1.82, 2.24) is 4.90 Å². The third-order valence-electron chi connectivity index (χ3n) is 3.52. The summed E-state index contributed by atoms with van der Waals surface area (Å²) in [4.78, 5) is 24.7. The van der Waals surface area contributed by atoms with E-state index in [1.807, 2.05) is 60.7 Å². The van der Waals surface area contributed by atoms with Crippen molar-refractivity contribution in [3.63, 3.8) is 0 Å². The summed E-state index contributed by atoms with van der Waals surface area (Å²) in [5.74, 6) is -1.06. The molecule has 0 saturated heterocycles. The maximum atomic E-state index is 12.1. The number of carboxylic acids is 1. The Balaban J connectivity index is 1.98. The van der Waals surface area contributed by atoms with Crippen molar-refractivity contribution in [3.8, 4) is 0 Å². The molecule has 0 fully saturated rings. The molecule has 2 rings (SSSR count). The Hall–Kier alpha value is -2.82. The molecule has 0 bridgehead atoms. The fourth-order valence-corrected chi connectivity index (χ4v) is 2.18. The van der Waals surface area contributed by atoms with Crippen LogP contribution in [0.5, 0.6) is 0 Å². The number of aliphatic carboxylic acids is 1. The number of likely N-dealkylation sites (N-methyl/N-ethyl adjacent to an activating group) is 1. The first-order chi connectivity index (χ1) is 11.1. The van der Waals surface area contributed by atoms with Gasteiger partial charge in [-0.1, -0.05) is 60.7 Å². The average molecular weight is 313 g/mol. The van der Waals surface area contributed by atoms with Crippen molar-refractivity contribution < 1.29 is 19.4 Å². The predicted molar refractivity (Wildman–Crippen MR) is 86.0 cm³/mol. The van der Waals surface area contributed by atoms with Gasteiger partial charge in [-0.05, 0) is 11.1 Å². The van der Waals surface area contributed by atoms with Crippen molar-refractivity contribution in [3.05, 3.63) is 71.8 Å². The molecule has 23 heavy (non-hydrogen) atoms. The monoisotopic (exact) mass is 313 g/mol. The smallest absolute Gasteiger partial charge is 0.410 e. The lowest BCUT2D eigenvalue weighted by Gasteiger charge is -2.24. The zero-order chi connectivity index (χ0) is 16.7. The molecule has 5 nitrogen and oxygen atoms in total. The van der Waals surface area contributed by atoms with Gasteiger partial charge >= 0.3 is 12.1 Å². The number of nitrogens with zero attached hydrogens (tertiary/aromatic N) is 1. The summed E-state index contributed by atoms with van der Waals surface area (Å²) in [5.41, 5.74) is 1.70. The van der Waals surface area contributed by atoms with Crippen molar-refractivity contribution in [1.29, 1.82) is 0 Å². The maximum Gasteiger partial charge on any atom is 0.410 e. The molecule has 1 N–H and O–H groups in total. The van der Waals surface area contributed by atoms with E-state index in [4.69, 9.17) is 4.74 Å². The fourth-order valence-electron chi connectivity index (χ4n) is 2.18. The van der Waals surface area contributed by atoms with Crippen LogP contribution in [0.2, 0.25) is 0 Å². The molecule has 0 spiro atoms. The summed E-state index contributed by atoms with van der Waals surface area (Å²) in [6, 6.07) is 17.5. The Labute approximate surface area is 135 Å². The Bertz CT molecular complexity index is 643. The van der Waals surface area contributed by atoms with Gasteiger partial charge in [0.2, 0.25) is 0 Å². The molecule has 0 aliphatic rings. The van der Waals surface area contributed by atoms with E-state index in [-0.39, 0.29) is 13.0 Å². The van der Waals surface area contributed by atoms with Gasteiger partial charge in [0.15, 0.2) is 0 Å². The standard InChI is InChI=1S/C18H19NO4/c1-19(18(22)23-13-15-10-6-3-7-11-15)16(17(20)21)12-14-8-4-2-5-9-14/h2-11,16H,12-13H2,1H3,(H,20,21). The van der Waals surface area contributed by atoms with E-state index in [1.165, 1.54) is 7.05 Å². The molecule has 0 radical (unpaired) electrons. The van der Waals surface area contributed by atoms with Crippen LogP contribution in [0.15, 0.2) is 60.7 Å². The summed E-state index contributed by atoms with van der Waals surface area (Å²) in [6.07, 6.45) is -0.426. The van der Waals surface area contributed by atoms with Crippen molar-refractivity contribution in [2.45, 2.75) is 19.1 Å². The predicted octanol–water partition coefficient (Wildman–Crippen LogP) is 2.95. The van der Waals surface area contributed by atoms with Crippen LogP contribution in [-0.4, -0.2) is 35.2 Å². The number of benzene rings is 2. The van der Waals surface area contributed by atoms with Gasteiger partial charge in [0, 0.05) is 13.5 Å². The second-order valence-electron chi connectivity index (χ2n) is 5.19. The molecule has 0 aromatic heterocycles. The quantitative estimate of drug-likeness (QED) is 0.890. The zero-order valence-corrected chi connectivity index (χ0v) is 12.9. The summed E-state index contributed by atoms with van der Waals surface area (Å²) in [5, 5.41) is 9.39. The van der Waals surface area contributed by atoms with E-state index < -0.39 is 18.1 Å². The number of hydrogen-bond donors (Lipinski definition) is 1. The van der Waals surface area contributed by atoms with Gasteiger partial charge in [-0.3, -0.25) is 4.90 Å². The highest BCUT2D eigenvalue weighted by molar-refractivity contribution is 5.80. The van der Waals surface area contributed by atoms with Gasteiger partial charge in [-0.15, -0.1) is 0 Å². The van der Waals surface area contributed by atoms with Crippen molar-refractivity contribution in [2.75, 3.05) is 7.05 Å². The van der Waals surface area contributed by atoms with Gasteiger partial charge in [-0.2, -0.15) is 0 Å². The Morgan fingerprint density at radius 1 is 1.00 bits per heavy atom. The molecular formula is C18H19NO4. The molecule has 0 heterocycles. The van der Waals surface area contributed by atoms with Crippen LogP contribution in [0.25, 0.3) is 0 Å². The number of carboxylic acid groups (broad SMARTS) is 1. The minimum atomic E-state index is -1.06. The second-order valence-corrected chi connectivity index (χ2v) is 5.19. The van der Waals surface area contributed by atoms with E-state index in [2.05, 4.69) is 0 Å². The van der Waals surface area contributed by atoms with Crippen molar-refractivity contribution in [2.24, 2.45) is 0 Å². The largest absolute Gasteiger partial charge is 0.480 e. The lowest BCUT2D eigenvalue weighted by Crippen LogP contribution is -2.44. The molecule has 1 unspecified atom stereocenters. The number of carbonyl (C=O) groups excluding carboxylic acids is 1. The van der Waals surface area contributed by atoms with Crippen LogP contribution in [0.4, 0.5) is 4.79 Å². The SMILES string of the molecule is CN(C(=O)OCc1ccccc1)C(Cc1ccccc1)C(=O)O. The molecule has 2 aromatic rings. The van der Waals surface area contributed by atoms with Crippen LogP contribution < -0.4 is 0 Å². The molecule has 5 heteroatoms. The number of amides is 1. The van der Waals surface area contributed by atoms with E-state index in [9.17, 15) is 14.7 Å². The van der Waals surface area contributed by atoms with Gasteiger partial charge in [0.05, 0.1) is 0 Å². The molecular weight excluding hydrogens is 294 g/mol. The van der Waals surface area contributed by atoms with E-state index in [1.54, 1.807) is 0 Å². The highest BCUT2D eigenvalue weighted by atomic mass is 16.6. The Morgan fingerprint density at radius 3 is 2.04 bits per heavy atom. The Kier molecular flexibility index (Phi) is 5.74. The molecule has 0 saturated carbocycles. The first-order valence-electron chi connectivity index (χ1n) is 7.28. The van der Waals surface area contributed by atoms with E-state index >= 15 is 0 Å². The minimum Gasteiger partial charge on any atom is -0.480 e. The summed E-state index contributed by atoms with van der Waals surface area (Å²) in [6.45, 7) is 0.113. The topological polar surface area (TPSA) is 66.8 Å². The van der Waals surface area contributed by atoms with Crippen LogP contribution >= 0.6 is 0 Å².